The Morgan fingerprint density at radius 1 is 1.00 bits per heavy atom. The summed E-state index contributed by atoms with van der Waals surface area (Å²) in [6.07, 6.45) is 1.17. The molecular weight excluding hydrogens is 278 g/mol. The van der Waals surface area contributed by atoms with Crippen molar-refractivity contribution in [2.45, 2.75) is 46.6 Å². The Balaban J connectivity index is 1.95. The van der Waals surface area contributed by atoms with Gasteiger partial charge in [0.2, 0.25) is 0 Å². The number of fused-ring (bicyclic) bond motifs is 1. The summed E-state index contributed by atoms with van der Waals surface area (Å²) in [5.41, 5.74) is 7.52. The Labute approximate surface area is 141 Å². The van der Waals surface area contributed by atoms with Gasteiger partial charge in [-0.2, -0.15) is 0 Å². The van der Waals surface area contributed by atoms with Gasteiger partial charge in [-0.15, -0.1) is 0 Å². The molecule has 1 aliphatic rings. The molecule has 0 aliphatic carbocycles. The highest BCUT2D eigenvalue weighted by Crippen LogP contribution is 2.36. The van der Waals surface area contributed by atoms with Gasteiger partial charge in [-0.05, 0) is 52.6 Å². The van der Waals surface area contributed by atoms with Crippen LogP contribution >= 0.6 is 0 Å². The molecule has 2 aromatic rings. The van der Waals surface area contributed by atoms with Crippen LogP contribution in [0.25, 0.3) is 11.1 Å². The van der Waals surface area contributed by atoms with Crippen molar-refractivity contribution < 1.29 is 0 Å². The van der Waals surface area contributed by atoms with Crippen molar-refractivity contribution in [2.24, 2.45) is 5.41 Å². The molecule has 122 valence electrons. The van der Waals surface area contributed by atoms with E-state index in [1.807, 2.05) is 0 Å². The van der Waals surface area contributed by atoms with E-state index >= 15 is 0 Å². The molecule has 0 unspecified atom stereocenters. The summed E-state index contributed by atoms with van der Waals surface area (Å²) in [5, 5.41) is 0. The molecule has 23 heavy (non-hydrogen) atoms. The van der Waals surface area contributed by atoms with Crippen LogP contribution in [0.1, 0.15) is 50.3 Å². The first-order valence-corrected chi connectivity index (χ1v) is 8.76. The van der Waals surface area contributed by atoms with E-state index in [0.29, 0.717) is 11.3 Å². The maximum Gasteiger partial charge on any atom is 0.0239 e. The molecule has 1 aliphatic heterocycles. The van der Waals surface area contributed by atoms with Crippen LogP contribution in [0.5, 0.6) is 0 Å². The third kappa shape index (κ3) is 3.35. The van der Waals surface area contributed by atoms with Crippen LogP contribution in [0.15, 0.2) is 42.5 Å². The minimum absolute atomic E-state index is 0.302. The number of hydrogen-bond donors (Lipinski definition) is 0. The zero-order valence-electron chi connectivity index (χ0n) is 15.2. The molecule has 0 saturated carbocycles. The van der Waals surface area contributed by atoms with Crippen molar-refractivity contribution >= 4 is 0 Å². The lowest BCUT2D eigenvalue weighted by atomic mass is 9.77. The van der Waals surface area contributed by atoms with Crippen LogP contribution in [0.4, 0.5) is 0 Å². The first kappa shape index (κ1) is 16.3. The van der Waals surface area contributed by atoms with Crippen molar-refractivity contribution in [3.05, 3.63) is 59.2 Å². The van der Waals surface area contributed by atoms with Crippen LogP contribution in [-0.4, -0.2) is 18.5 Å². The number of nitrogens with zero attached hydrogens (tertiary/aromatic N) is 1. The summed E-state index contributed by atoms with van der Waals surface area (Å²) >= 11 is 0. The van der Waals surface area contributed by atoms with Crippen LogP contribution in [0.3, 0.4) is 0 Å². The molecule has 1 heteroatoms. The number of likely N-dealkylation sites (N-methyl/N-ethyl adjacent to an activating group) is 1. The maximum atomic E-state index is 2.42. The molecule has 0 N–H and O–H groups in total. The summed E-state index contributed by atoms with van der Waals surface area (Å²) in [6, 6.07) is 16.0. The summed E-state index contributed by atoms with van der Waals surface area (Å²) in [5.74, 6) is 0.562. The van der Waals surface area contributed by atoms with Crippen LogP contribution in [0.2, 0.25) is 0 Å². The molecule has 0 bridgehead atoms. The van der Waals surface area contributed by atoms with Gasteiger partial charge in [0, 0.05) is 13.1 Å². The molecule has 3 rings (SSSR count). The number of hydrogen-bond acceptors (Lipinski definition) is 1. The lowest BCUT2D eigenvalue weighted by molar-refractivity contribution is 0.313. The first-order chi connectivity index (χ1) is 10.9. The van der Waals surface area contributed by atoms with Crippen LogP contribution < -0.4 is 0 Å². The fraction of sp³-hybridized carbons (Fsp3) is 0.455. The van der Waals surface area contributed by atoms with E-state index in [9.17, 15) is 0 Å². The largest absolute Gasteiger partial charge is 0.302 e. The van der Waals surface area contributed by atoms with Gasteiger partial charge in [-0.3, -0.25) is 0 Å². The van der Waals surface area contributed by atoms with Gasteiger partial charge in [0.15, 0.2) is 0 Å². The minimum atomic E-state index is 0.302. The molecular formula is C22H29N. The van der Waals surface area contributed by atoms with E-state index in [1.165, 1.54) is 40.8 Å². The highest BCUT2D eigenvalue weighted by atomic mass is 15.1. The van der Waals surface area contributed by atoms with Crippen LogP contribution in [-0.2, 0) is 13.0 Å². The number of benzene rings is 2. The second kappa shape index (κ2) is 6.13. The first-order valence-electron chi connectivity index (χ1n) is 8.76. The molecule has 0 aromatic heterocycles. The van der Waals surface area contributed by atoms with E-state index in [2.05, 4.69) is 82.1 Å². The Kier molecular flexibility index (Phi) is 4.33. The minimum Gasteiger partial charge on any atom is -0.302 e. The van der Waals surface area contributed by atoms with E-state index in [1.54, 1.807) is 0 Å². The average molecular weight is 307 g/mol. The van der Waals surface area contributed by atoms with Crippen LogP contribution in [0, 0.1) is 5.41 Å². The van der Waals surface area contributed by atoms with Gasteiger partial charge < -0.3 is 4.90 Å². The number of rotatable bonds is 2. The Hall–Kier alpha value is -1.60. The molecule has 0 fully saturated rings. The highest BCUT2D eigenvalue weighted by Gasteiger charge is 2.22. The smallest absolute Gasteiger partial charge is 0.0239 e. The SMILES string of the molecule is C[C@H](c1ccc(-c2cccc3c2CN(C)CC3)cc1)C(C)(C)C. The van der Waals surface area contributed by atoms with Crippen molar-refractivity contribution in [2.75, 3.05) is 13.6 Å². The highest BCUT2D eigenvalue weighted by molar-refractivity contribution is 5.69. The van der Waals surface area contributed by atoms with Crippen molar-refractivity contribution in [1.29, 1.82) is 0 Å². The predicted molar refractivity (Wildman–Crippen MR) is 99.8 cm³/mol. The molecule has 1 atom stereocenters. The maximum absolute atomic E-state index is 2.42. The predicted octanol–water partition coefficient (Wildman–Crippen LogP) is 5.49. The second-order valence-electron chi connectivity index (χ2n) is 8.14. The van der Waals surface area contributed by atoms with E-state index in [4.69, 9.17) is 0 Å². The van der Waals surface area contributed by atoms with Gasteiger partial charge in [0.1, 0.15) is 0 Å². The van der Waals surface area contributed by atoms with Gasteiger partial charge in [-0.1, -0.05) is 70.2 Å². The van der Waals surface area contributed by atoms with Gasteiger partial charge >= 0.3 is 0 Å². The zero-order valence-corrected chi connectivity index (χ0v) is 15.2. The lowest BCUT2D eigenvalue weighted by Crippen LogP contribution is -2.26. The Morgan fingerprint density at radius 3 is 2.35 bits per heavy atom. The zero-order chi connectivity index (χ0) is 16.6. The third-order valence-electron chi connectivity index (χ3n) is 5.48. The fourth-order valence-corrected chi connectivity index (χ4v) is 3.44. The molecule has 0 saturated heterocycles. The standard InChI is InChI=1S/C22H29N/c1-16(22(2,3)4)17-9-11-19(12-10-17)20-8-6-7-18-13-14-23(5)15-21(18)20/h6-12,16H,13-15H2,1-5H3/t16-/m1/s1. The summed E-state index contributed by atoms with van der Waals surface area (Å²) < 4.78 is 0. The molecule has 2 aromatic carbocycles. The van der Waals surface area contributed by atoms with Crippen molar-refractivity contribution in [3.8, 4) is 11.1 Å². The molecule has 0 amide bonds. The molecule has 1 nitrogen and oxygen atoms in total. The topological polar surface area (TPSA) is 3.24 Å². The molecule has 0 radical (unpaired) electrons. The van der Waals surface area contributed by atoms with Crippen molar-refractivity contribution in [1.82, 2.24) is 4.90 Å². The van der Waals surface area contributed by atoms with Crippen molar-refractivity contribution in [3.63, 3.8) is 0 Å². The van der Waals surface area contributed by atoms with E-state index in [0.717, 1.165) is 6.54 Å². The van der Waals surface area contributed by atoms with E-state index < -0.39 is 0 Å². The normalized spacial score (nSPS) is 16.9. The van der Waals surface area contributed by atoms with E-state index in [-0.39, 0.29) is 0 Å². The molecule has 0 spiro atoms. The summed E-state index contributed by atoms with van der Waals surface area (Å²) in [6.45, 7) is 11.5. The lowest BCUT2D eigenvalue weighted by Gasteiger charge is -2.28. The quantitative estimate of drug-likeness (QED) is 0.709. The molecule has 1 heterocycles. The second-order valence-corrected chi connectivity index (χ2v) is 8.14. The van der Waals surface area contributed by atoms with Gasteiger partial charge in [0.05, 0.1) is 0 Å². The van der Waals surface area contributed by atoms with Gasteiger partial charge in [0.25, 0.3) is 0 Å². The Bertz CT molecular complexity index is 676. The monoisotopic (exact) mass is 307 g/mol. The van der Waals surface area contributed by atoms with Gasteiger partial charge in [-0.25, -0.2) is 0 Å². The summed E-state index contributed by atoms with van der Waals surface area (Å²) in [4.78, 5) is 2.42. The fourth-order valence-electron chi connectivity index (χ4n) is 3.44. The Morgan fingerprint density at radius 2 is 1.70 bits per heavy atom. The summed E-state index contributed by atoms with van der Waals surface area (Å²) in [7, 11) is 2.22. The average Bonchev–Trinajstić information content (AvgIpc) is 2.53. The third-order valence-corrected chi connectivity index (χ3v) is 5.48.